The van der Waals surface area contributed by atoms with Gasteiger partial charge in [0.05, 0.1) is 6.04 Å². The van der Waals surface area contributed by atoms with Crippen LogP contribution in [0.5, 0.6) is 0 Å². The fourth-order valence-corrected chi connectivity index (χ4v) is 4.39. The van der Waals surface area contributed by atoms with Crippen molar-refractivity contribution < 1.29 is 4.79 Å². The summed E-state index contributed by atoms with van der Waals surface area (Å²) >= 11 is 0. The summed E-state index contributed by atoms with van der Waals surface area (Å²) in [5.74, 6) is 1.27. The van der Waals surface area contributed by atoms with Crippen molar-refractivity contribution in [2.24, 2.45) is 16.6 Å². The molecule has 0 bridgehead atoms. The van der Waals surface area contributed by atoms with Crippen LogP contribution in [0.25, 0.3) is 0 Å². The van der Waals surface area contributed by atoms with Gasteiger partial charge in [0.25, 0.3) is 0 Å². The van der Waals surface area contributed by atoms with Gasteiger partial charge >= 0.3 is 6.03 Å². The van der Waals surface area contributed by atoms with Crippen LogP contribution in [0.1, 0.15) is 47.9 Å². The molecule has 5 N–H and O–H groups in total. The van der Waals surface area contributed by atoms with Crippen LogP contribution < -0.4 is 16.4 Å². The molecule has 0 saturated heterocycles. The molecule has 0 heterocycles. The van der Waals surface area contributed by atoms with Crippen LogP contribution in [0.15, 0.2) is 77.3 Å². The van der Waals surface area contributed by atoms with E-state index in [0.29, 0.717) is 28.9 Å². The highest BCUT2D eigenvalue weighted by Crippen LogP contribution is 2.47. The number of hydrogen-bond acceptors (Lipinski definition) is 2. The third kappa shape index (κ3) is 3.89. The molecule has 0 radical (unpaired) electrons. The van der Waals surface area contributed by atoms with Crippen LogP contribution in [-0.4, -0.2) is 17.7 Å². The standard InChI is InChI=1S/C25H25N5O/c26-23(15-12-13-15)30-24(27)16-6-5-7-17(14-16)28-25(31)29-22-20-10-3-1-8-18(20)19-9-2-4-11-21(19)22/h1-8,10-11,14-15,19,22H,9,12-13H2,(H3,26,27,30)(H2,28,29,31). The number of carbonyl (C=O) groups excluding carboxylic acids is 1. The molecular weight excluding hydrogens is 386 g/mol. The van der Waals surface area contributed by atoms with E-state index in [9.17, 15) is 4.79 Å². The predicted octanol–water partition coefficient (Wildman–Crippen LogP) is 4.63. The third-order valence-corrected chi connectivity index (χ3v) is 6.12. The Balaban J connectivity index is 1.31. The van der Waals surface area contributed by atoms with Crippen molar-refractivity contribution >= 4 is 23.4 Å². The van der Waals surface area contributed by atoms with Gasteiger partial charge in [-0.3, -0.25) is 5.41 Å². The minimum absolute atomic E-state index is 0.111. The number of anilines is 1. The van der Waals surface area contributed by atoms with E-state index in [4.69, 9.17) is 11.1 Å². The van der Waals surface area contributed by atoms with Crippen molar-refractivity contribution in [3.05, 3.63) is 89.0 Å². The number of amidine groups is 2. The fourth-order valence-electron chi connectivity index (χ4n) is 4.39. The summed E-state index contributed by atoms with van der Waals surface area (Å²) in [4.78, 5) is 17.1. The van der Waals surface area contributed by atoms with Crippen molar-refractivity contribution in [3.8, 4) is 0 Å². The topological polar surface area (TPSA) is 103 Å². The van der Waals surface area contributed by atoms with Crippen LogP contribution in [0.4, 0.5) is 10.5 Å². The Morgan fingerprint density at radius 2 is 1.90 bits per heavy atom. The van der Waals surface area contributed by atoms with Crippen molar-refractivity contribution in [2.45, 2.75) is 31.2 Å². The van der Waals surface area contributed by atoms with Gasteiger partial charge in [-0.2, -0.15) is 0 Å². The Morgan fingerprint density at radius 3 is 2.71 bits per heavy atom. The maximum Gasteiger partial charge on any atom is 0.319 e. The molecule has 5 rings (SSSR count). The molecule has 2 unspecified atom stereocenters. The zero-order valence-electron chi connectivity index (χ0n) is 17.1. The summed E-state index contributed by atoms with van der Waals surface area (Å²) in [5, 5.41) is 14.3. The van der Waals surface area contributed by atoms with Crippen LogP contribution in [-0.2, 0) is 0 Å². The van der Waals surface area contributed by atoms with Gasteiger partial charge in [-0.15, -0.1) is 0 Å². The average Bonchev–Trinajstić information content (AvgIpc) is 3.59. The normalized spacial score (nSPS) is 21.7. The molecule has 3 aliphatic rings. The highest BCUT2D eigenvalue weighted by atomic mass is 16.2. The molecule has 2 aromatic rings. The number of aliphatic imine (C=N–C) groups is 1. The number of nitrogens with two attached hydrogens (primary N) is 1. The molecule has 156 valence electrons. The smallest absolute Gasteiger partial charge is 0.319 e. The fraction of sp³-hybridized carbons (Fsp3) is 0.240. The van der Waals surface area contributed by atoms with Crippen molar-refractivity contribution in [1.29, 1.82) is 5.41 Å². The van der Waals surface area contributed by atoms with Gasteiger partial charge in [0, 0.05) is 23.1 Å². The lowest BCUT2D eigenvalue weighted by atomic mass is 9.90. The summed E-state index contributed by atoms with van der Waals surface area (Å²) < 4.78 is 0. The minimum atomic E-state index is -0.277. The first kappa shape index (κ1) is 19.3. The van der Waals surface area contributed by atoms with Crippen molar-refractivity contribution in [2.75, 3.05) is 5.32 Å². The zero-order chi connectivity index (χ0) is 21.4. The summed E-state index contributed by atoms with van der Waals surface area (Å²) in [6.45, 7) is 0. The molecular formula is C25H25N5O. The van der Waals surface area contributed by atoms with Gasteiger partial charge in [-0.1, -0.05) is 54.6 Å². The SMILES string of the molecule is N=C(N=C(N)C1CC1)c1cccc(NC(=O)NC2C3=CC=CCC3c3ccccc32)c1. The van der Waals surface area contributed by atoms with E-state index in [0.717, 1.165) is 24.8 Å². The highest BCUT2D eigenvalue weighted by Gasteiger charge is 2.36. The molecule has 31 heavy (non-hydrogen) atoms. The number of nitrogens with zero attached hydrogens (tertiary/aromatic N) is 1. The molecule has 2 amide bonds. The first-order chi connectivity index (χ1) is 15.1. The van der Waals surface area contributed by atoms with E-state index in [1.807, 2.05) is 6.07 Å². The molecule has 1 fully saturated rings. The monoisotopic (exact) mass is 411 g/mol. The average molecular weight is 412 g/mol. The quantitative estimate of drug-likeness (QED) is 0.435. The maximum atomic E-state index is 12.8. The Morgan fingerprint density at radius 1 is 1.10 bits per heavy atom. The van der Waals surface area contributed by atoms with Gasteiger partial charge in [0.2, 0.25) is 0 Å². The lowest BCUT2D eigenvalue weighted by molar-refractivity contribution is 0.250. The Kier molecular flexibility index (Phi) is 4.90. The second kappa shape index (κ2) is 7.87. The first-order valence-corrected chi connectivity index (χ1v) is 10.7. The van der Waals surface area contributed by atoms with Gasteiger partial charge in [0.15, 0.2) is 5.84 Å². The highest BCUT2D eigenvalue weighted by molar-refractivity contribution is 6.06. The zero-order valence-corrected chi connectivity index (χ0v) is 17.1. The van der Waals surface area contributed by atoms with E-state index < -0.39 is 0 Å². The number of rotatable bonds is 4. The number of fused-ring (bicyclic) bond motifs is 3. The lowest BCUT2D eigenvalue weighted by Crippen LogP contribution is -2.32. The number of hydrogen-bond donors (Lipinski definition) is 4. The Hall–Kier alpha value is -3.67. The van der Waals surface area contributed by atoms with Crippen LogP contribution in [0.3, 0.4) is 0 Å². The number of urea groups is 1. The number of nitrogens with one attached hydrogen (secondary N) is 3. The van der Waals surface area contributed by atoms with Gasteiger partial charge < -0.3 is 16.4 Å². The summed E-state index contributed by atoms with van der Waals surface area (Å²) in [6.07, 6.45) is 9.39. The Bertz CT molecular complexity index is 1140. The van der Waals surface area contributed by atoms with Gasteiger partial charge in [-0.05, 0) is 48.1 Å². The summed E-state index contributed by atoms with van der Waals surface area (Å²) in [5.41, 5.74) is 10.8. The molecule has 1 saturated carbocycles. The second-order valence-corrected chi connectivity index (χ2v) is 8.28. The number of allylic oxidation sites excluding steroid dienone is 3. The van der Waals surface area contributed by atoms with E-state index >= 15 is 0 Å². The van der Waals surface area contributed by atoms with Crippen LogP contribution in [0, 0.1) is 11.3 Å². The third-order valence-electron chi connectivity index (χ3n) is 6.12. The van der Waals surface area contributed by atoms with Gasteiger partial charge in [-0.25, -0.2) is 9.79 Å². The molecule has 6 heteroatoms. The van der Waals surface area contributed by atoms with E-state index in [2.05, 4.69) is 52.1 Å². The molecule has 0 aliphatic heterocycles. The lowest BCUT2D eigenvalue weighted by Gasteiger charge is -2.20. The summed E-state index contributed by atoms with van der Waals surface area (Å²) in [7, 11) is 0. The predicted molar refractivity (Wildman–Crippen MR) is 124 cm³/mol. The Labute approximate surface area is 181 Å². The van der Waals surface area contributed by atoms with Gasteiger partial charge in [0.1, 0.15) is 5.84 Å². The van der Waals surface area contributed by atoms with Crippen molar-refractivity contribution in [1.82, 2.24) is 5.32 Å². The number of amides is 2. The van der Waals surface area contributed by atoms with Crippen LogP contribution >= 0.6 is 0 Å². The summed E-state index contributed by atoms with van der Waals surface area (Å²) in [6, 6.07) is 15.0. The second-order valence-electron chi connectivity index (χ2n) is 8.28. The minimum Gasteiger partial charge on any atom is -0.387 e. The number of carbonyl (C=O) groups is 1. The molecule has 0 spiro atoms. The molecule has 6 nitrogen and oxygen atoms in total. The first-order valence-electron chi connectivity index (χ1n) is 10.7. The number of benzene rings is 2. The largest absolute Gasteiger partial charge is 0.387 e. The van der Waals surface area contributed by atoms with E-state index in [-0.39, 0.29) is 17.9 Å². The van der Waals surface area contributed by atoms with E-state index in [1.54, 1.807) is 24.3 Å². The van der Waals surface area contributed by atoms with E-state index in [1.165, 1.54) is 11.1 Å². The maximum absolute atomic E-state index is 12.8. The molecule has 3 aliphatic carbocycles. The van der Waals surface area contributed by atoms with Crippen molar-refractivity contribution in [3.63, 3.8) is 0 Å². The molecule has 0 aromatic heterocycles. The molecule has 2 aromatic carbocycles. The van der Waals surface area contributed by atoms with Crippen LogP contribution in [0.2, 0.25) is 0 Å². The molecule has 2 atom stereocenters.